The van der Waals surface area contributed by atoms with Crippen LogP contribution in [0.1, 0.15) is 17.0 Å². The summed E-state index contributed by atoms with van der Waals surface area (Å²) < 4.78 is 31.3. The zero-order valence-corrected chi connectivity index (χ0v) is 12.7. The average molecular weight is 309 g/mol. The number of hydrogen-bond donors (Lipinski definition) is 1. The van der Waals surface area contributed by atoms with Gasteiger partial charge in [-0.15, -0.1) is 0 Å². The molecule has 0 unspecified atom stereocenters. The van der Waals surface area contributed by atoms with Crippen LogP contribution in [0, 0.1) is 6.92 Å². The summed E-state index contributed by atoms with van der Waals surface area (Å²) in [6.45, 7) is 2.57. The molecule has 0 aliphatic carbocycles. The zero-order valence-electron chi connectivity index (χ0n) is 11.9. The Morgan fingerprint density at radius 3 is 2.57 bits per heavy atom. The molecule has 0 radical (unpaired) electrons. The highest BCUT2D eigenvalue weighted by Crippen LogP contribution is 2.14. The van der Waals surface area contributed by atoms with Gasteiger partial charge in [0.05, 0.1) is 0 Å². The molecule has 2 N–H and O–H groups in total. The number of sulfonamides is 1. The Balaban J connectivity index is 2.15. The van der Waals surface area contributed by atoms with Crippen LogP contribution in [-0.2, 0) is 22.3 Å². The SMILES string of the molecule is Cc1cc(CS(=O)(=O)N(CCN)Cc2ccccc2)no1. The van der Waals surface area contributed by atoms with Crippen molar-refractivity contribution in [2.75, 3.05) is 13.1 Å². The summed E-state index contributed by atoms with van der Waals surface area (Å²) in [5.41, 5.74) is 6.86. The molecular formula is C14H19N3O3S. The lowest BCUT2D eigenvalue weighted by molar-refractivity contribution is 0.388. The largest absolute Gasteiger partial charge is 0.361 e. The Morgan fingerprint density at radius 1 is 1.29 bits per heavy atom. The van der Waals surface area contributed by atoms with Gasteiger partial charge in [0.25, 0.3) is 0 Å². The van der Waals surface area contributed by atoms with E-state index < -0.39 is 10.0 Å². The van der Waals surface area contributed by atoms with Crippen LogP contribution in [0.4, 0.5) is 0 Å². The molecule has 1 heterocycles. The topological polar surface area (TPSA) is 89.4 Å². The standard InChI is InChI=1S/C14H19N3O3S/c1-12-9-14(16-20-12)11-21(18,19)17(8-7-15)10-13-5-3-2-4-6-13/h2-6,9H,7-8,10-11,15H2,1H3. The molecular weight excluding hydrogens is 290 g/mol. The van der Waals surface area contributed by atoms with Crippen molar-refractivity contribution in [1.29, 1.82) is 0 Å². The van der Waals surface area contributed by atoms with E-state index in [1.165, 1.54) is 4.31 Å². The highest BCUT2D eigenvalue weighted by molar-refractivity contribution is 7.88. The van der Waals surface area contributed by atoms with E-state index in [1.54, 1.807) is 13.0 Å². The number of aryl methyl sites for hydroxylation is 1. The van der Waals surface area contributed by atoms with E-state index in [0.29, 0.717) is 18.0 Å². The van der Waals surface area contributed by atoms with Crippen LogP contribution in [0.5, 0.6) is 0 Å². The number of nitrogens with two attached hydrogens (primary N) is 1. The van der Waals surface area contributed by atoms with Crippen molar-refractivity contribution in [2.24, 2.45) is 5.73 Å². The first-order chi connectivity index (χ1) is 10.0. The summed E-state index contributed by atoms with van der Waals surface area (Å²) in [7, 11) is -3.49. The molecule has 6 nitrogen and oxygen atoms in total. The highest BCUT2D eigenvalue weighted by atomic mass is 32.2. The molecule has 21 heavy (non-hydrogen) atoms. The molecule has 2 aromatic rings. The van der Waals surface area contributed by atoms with E-state index in [0.717, 1.165) is 5.56 Å². The molecule has 0 aliphatic rings. The number of benzene rings is 1. The van der Waals surface area contributed by atoms with Crippen LogP contribution >= 0.6 is 0 Å². The third kappa shape index (κ3) is 4.38. The Labute approximate surface area is 124 Å². The van der Waals surface area contributed by atoms with Crippen LogP contribution in [-0.4, -0.2) is 31.0 Å². The van der Waals surface area contributed by atoms with E-state index in [-0.39, 0.29) is 18.8 Å². The summed E-state index contributed by atoms with van der Waals surface area (Å²) in [6, 6.07) is 11.1. The number of hydrogen-bond acceptors (Lipinski definition) is 5. The fourth-order valence-electron chi connectivity index (χ4n) is 2.01. The molecule has 7 heteroatoms. The molecule has 1 aromatic heterocycles. The van der Waals surface area contributed by atoms with Gasteiger partial charge < -0.3 is 10.3 Å². The lowest BCUT2D eigenvalue weighted by Gasteiger charge is -2.21. The van der Waals surface area contributed by atoms with E-state index in [1.807, 2.05) is 30.3 Å². The average Bonchev–Trinajstić information content (AvgIpc) is 2.84. The second-order valence-corrected chi connectivity index (χ2v) is 6.76. The van der Waals surface area contributed by atoms with E-state index >= 15 is 0 Å². The van der Waals surface area contributed by atoms with E-state index in [2.05, 4.69) is 5.16 Å². The zero-order chi connectivity index (χ0) is 15.3. The fraction of sp³-hybridized carbons (Fsp3) is 0.357. The van der Waals surface area contributed by atoms with Gasteiger partial charge in [-0.1, -0.05) is 35.5 Å². The Morgan fingerprint density at radius 2 is 2.00 bits per heavy atom. The van der Waals surface area contributed by atoms with Crippen LogP contribution in [0.25, 0.3) is 0 Å². The monoisotopic (exact) mass is 309 g/mol. The van der Waals surface area contributed by atoms with Gasteiger partial charge >= 0.3 is 0 Å². The predicted molar refractivity (Wildman–Crippen MR) is 79.8 cm³/mol. The van der Waals surface area contributed by atoms with Crippen molar-refractivity contribution in [2.45, 2.75) is 19.2 Å². The first-order valence-electron chi connectivity index (χ1n) is 6.65. The Bertz CT molecular complexity index is 668. The van der Waals surface area contributed by atoms with Crippen molar-refractivity contribution in [3.05, 3.63) is 53.4 Å². The molecule has 0 atom stereocenters. The molecule has 0 fully saturated rings. The molecule has 0 amide bonds. The van der Waals surface area contributed by atoms with Gasteiger partial charge in [-0.2, -0.15) is 4.31 Å². The van der Waals surface area contributed by atoms with Crippen molar-refractivity contribution in [3.8, 4) is 0 Å². The van der Waals surface area contributed by atoms with Crippen LogP contribution in [0.2, 0.25) is 0 Å². The molecule has 0 saturated carbocycles. The lowest BCUT2D eigenvalue weighted by Crippen LogP contribution is -2.35. The number of aromatic nitrogens is 1. The maximum atomic E-state index is 12.5. The van der Waals surface area contributed by atoms with Gasteiger partial charge in [0, 0.05) is 25.7 Å². The second-order valence-electron chi connectivity index (χ2n) is 4.79. The van der Waals surface area contributed by atoms with Gasteiger partial charge in [0.2, 0.25) is 10.0 Å². The van der Waals surface area contributed by atoms with Gasteiger partial charge in [0.15, 0.2) is 0 Å². The van der Waals surface area contributed by atoms with Gasteiger partial charge in [0.1, 0.15) is 17.2 Å². The molecule has 2 rings (SSSR count). The Kier molecular flexibility index (Phi) is 5.11. The normalized spacial score (nSPS) is 12.0. The summed E-state index contributed by atoms with van der Waals surface area (Å²) in [6.07, 6.45) is 0. The molecule has 0 aliphatic heterocycles. The van der Waals surface area contributed by atoms with Crippen LogP contribution in [0.15, 0.2) is 40.9 Å². The van der Waals surface area contributed by atoms with Gasteiger partial charge in [-0.05, 0) is 12.5 Å². The Hall–Kier alpha value is -1.70. The fourth-order valence-corrected chi connectivity index (χ4v) is 3.43. The van der Waals surface area contributed by atoms with Crippen molar-refractivity contribution in [3.63, 3.8) is 0 Å². The minimum atomic E-state index is -3.49. The summed E-state index contributed by atoms with van der Waals surface area (Å²) >= 11 is 0. The van der Waals surface area contributed by atoms with Crippen molar-refractivity contribution < 1.29 is 12.9 Å². The first-order valence-corrected chi connectivity index (χ1v) is 8.26. The van der Waals surface area contributed by atoms with Crippen molar-refractivity contribution in [1.82, 2.24) is 9.46 Å². The van der Waals surface area contributed by atoms with Crippen LogP contribution in [0.3, 0.4) is 0 Å². The molecule has 1 aromatic carbocycles. The number of rotatable bonds is 7. The lowest BCUT2D eigenvalue weighted by atomic mass is 10.2. The van der Waals surface area contributed by atoms with Gasteiger partial charge in [-0.25, -0.2) is 8.42 Å². The molecule has 114 valence electrons. The van der Waals surface area contributed by atoms with Crippen molar-refractivity contribution >= 4 is 10.0 Å². The molecule has 0 spiro atoms. The number of nitrogens with zero attached hydrogens (tertiary/aromatic N) is 2. The third-order valence-corrected chi connectivity index (χ3v) is 4.74. The maximum Gasteiger partial charge on any atom is 0.220 e. The minimum absolute atomic E-state index is 0.183. The smallest absolute Gasteiger partial charge is 0.220 e. The first kappa shape index (κ1) is 15.7. The summed E-state index contributed by atoms with van der Waals surface area (Å²) in [5.74, 6) is 0.408. The third-order valence-electron chi connectivity index (χ3n) is 2.98. The van der Waals surface area contributed by atoms with E-state index in [4.69, 9.17) is 10.3 Å². The second kappa shape index (κ2) is 6.84. The molecule has 0 saturated heterocycles. The summed E-state index contributed by atoms with van der Waals surface area (Å²) in [4.78, 5) is 0. The highest BCUT2D eigenvalue weighted by Gasteiger charge is 2.23. The minimum Gasteiger partial charge on any atom is -0.361 e. The van der Waals surface area contributed by atoms with E-state index in [9.17, 15) is 8.42 Å². The summed E-state index contributed by atoms with van der Waals surface area (Å²) in [5, 5.41) is 3.74. The predicted octanol–water partition coefficient (Wildman–Crippen LogP) is 1.27. The van der Waals surface area contributed by atoms with Crippen LogP contribution < -0.4 is 5.73 Å². The quantitative estimate of drug-likeness (QED) is 0.832. The maximum absolute atomic E-state index is 12.5. The van der Waals surface area contributed by atoms with Gasteiger partial charge in [-0.3, -0.25) is 0 Å². The molecule has 0 bridgehead atoms.